The molecule has 98 valence electrons. The number of aromatic nitrogens is 3. The highest BCUT2D eigenvalue weighted by atomic mass is 32.1. The Labute approximate surface area is 115 Å². The monoisotopic (exact) mass is 272 g/mol. The van der Waals surface area contributed by atoms with Crippen molar-refractivity contribution in [1.82, 2.24) is 14.5 Å². The van der Waals surface area contributed by atoms with Gasteiger partial charge in [-0.1, -0.05) is 6.92 Å². The maximum absolute atomic E-state index is 5.84. The Morgan fingerprint density at radius 3 is 3.00 bits per heavy atom. The maximum Gasteiger partial charge on any atom is 0.110 e. The highest BCUT2D eigenvalue weighted by Gasteiger charge is 2.11. The van der Waals surface area contributed by atoms with Crippen LogP contribution in [0.5, 0.6) is 0 Å². The van der Waals surface area contributed by atoms with E-state index in [9.17, 15) is 0 Å². The molecular formula is C14H16N4S. The molecule has 2 aromatic heterocycles. The number of benzene rings is 1. The minimum absolute atomic E-state index is 0.762. The lowest BCUT2D eigenvalue weighted by molar-refractivity contribution is 0.727. The Balaban J connectivity index is 2.10. The number of hydrogen-bond donors (Lipinski definition) is 1. The summed E-state index contributed by atoms with van der Waals surface area (Å²) in [7, 11) is 0. The van der Waals surface area contributed by atoms with Crippen LogP contribution in [0, 0.1) is 0 Å². The zero-order chi connectivity index (χ0) is 13.2. The third kappa shape index (κ3) is 2.33. The van der Waals surface area contributed by atoms with Gasteiger partial charge in [-0.15, -0.1) is 11.3 Å². The average Bonchev–Trinajstić information content (AvgIpc) is 2.99. The number of imidazole rings is 1. The predicted octanol–water partition coefficient (Wildman–Crippen LogP) is 3.08. The third-order valence-electron chi connectivity index (χ3n) is 3.12. The van der Waals surface area contributed by atoms with Gasteiger partial charge in [0.2, 0.25) is 0 Å². The fourth-order valence-electron chi connectivity index (χ4n) is 2.26. The molecule has 2 N–H and O–H groups in total. The highest BCUT2D eigenvalue weighted by molar-refractivity contribution is 7.09. The molecule has 0 aliphatic heterocycles. The quantitative estimate of drug-likeness (QED) is 0.743. The van der Waals surface area contributed by atoms with Gasteiger partial charge in [0.15, 0.2) is 0 Å². The lowest BCUT2D eigenvalue weighted by atomic mass is 10.3. The average molecular weight is 272 g/mol. The Morgan fingerprint density at radius 2 is 2.26 bits per heavy atom. The minimum Gasteiger partial charge on any atom is -0.399 e. The molecule has 0 atom stereocenters. The first-order valence-corrected chi connectivity index (χ1v) is 7.28. The van der Waals surface area contributed by atoms with Crippen LogP contribution in [0.15, 0.2) is 29.9 Å². The molecule has 3 rings (SSSR count). The van der Waals surface area contributed by atoms with E-state index in [1.807, 2.05) is 23.8 Å². The number of aryl methyl sites for hydroxylation is 1. The van der Waals surface area contributed by atoms with Gasteiger partial charge in [0.05, 0.1) is 23.1 Å². The second-order valence-corrected chi connectivity index (χ2v) is 5.55. The van der Waals surface area contributed by atoms with Crippen LogP contribution >= 0.6 is 11.3 Å². The van der Waals surface area contributed by atoms with Crippen LogP contribution in [0.25, 0.3) is 11.0 Å². The molecule has 0 fully saturated rings. The van der Waals surface area contributed by atoms with Gasteiger partial charge in [0.1, 0.15) is 5.82 Å². The zero-order valence-electron chi connectivity index (χ0n) is 10.8. The SMILES string of the molecule is CCCc1nc2cc(N)ccc2n1Cc1cncs1. The molecule has 0 aliphatic carbocycles. The van der Waals surface area contributed by atoms with Crippen LogP contribution in [0.2, 0.25) is 0 Å². The van der Waals surface area contributed by atoms with E-state index in [1.165, 1.54) is 4.88 Å². The molecule has 0 saturated carbocycles. The standard InChI is InChI=1S/C14H16N4S/c1-2-3-14-17-12-6-10(15)4-5-13(12)18(14)8-11-7-16-9-19-11/h4-7,9H,2-3,8,15H2,1H3. The van der Waals surface area contributed by atoms with E-state index in [4.69, 9.17) is 10.7 Å². The molecule has 0 bridgehead atoms. The van der Waals surface area contributed by atoms with Gasteiger partial charge in [0, 0.05) is 23.2 Å². The Morgan fingerprint density at radius 1 is 1.37 bits per heavy atom. The fraction of sp³-hybridized carbons (Fsp3) is 0.286. The third-order valence-corrected chi connectivity index (χ3v) is 3.89. The van der Waals surface area contributed by atoms with Crippen LogP contribution in [0.3, 0.4) is 0 Å². The van der Waals surface area contributed by atoms with Gasteiger partial charge < -0.3 is 10.3 Å². The van der Waals surface area contributed by atoms with Crippen molar-refractivity contribution >= 4 is 28.1 Å². The van der Waals surface area contributed by atoms with Gasteiger partial charge in [-0.2, -0.15) is 0 Å². The van der Waals surface area contributed by atoms with E-state index in [-0.39, 0.29) is 0 Å². The zero-order valence-corrected chi connectivity index (χ0v) is 11.7. The molecule has 1 aromatic carbocycles. The Kier molecular flexibility index (Phi) is 3.21. The number of nitrogen functional groups attached to an aromatic ring is 1. The van der Waals surface area contributed by atoms with Gasteiger partial charge in [0.25, 0.3) is 0 Å². The molecule has 0 spiro atoms. The molecule has 3 aromatic rings. The lowest BCUT2D eigenvalue weighted by Gasteiger charge is -2.06. The first-order valence-electron chi connectivity index (χ1n) is 6.40. The normalized spacial score (nSPS) is 11.2. The van der Waals surface area contributed by atoms with Gasteiger partial charge in [-0.05, 0) is 24.6 Å². The summed E-state index contributed by atoms with van der Waals surface area (Å²) in [6, 6.07) is 5.93. The number of nitrogens with two attached hydrogens (primary N) is 1. The summed E-state index contributed by atoms with van der Waals surface area (Å²) in [6.07, 6.45) is 3.98. The van der Waals surface area contributed by atoms with Crippen molar-refractivity contribution in [3.8, 4) is 0 Å². The van der Waals surface area contributed by atoms with Crippen molar-refractivity contribution in [3.63, 3.8) is 0 Å². The van der Waals surface area contributed by atoms with Gasteiger partial charge >= 0.3 is 0 Å². The summed E-state index contributed by atoms with van der Waals surface area (Å²) in [4.78, 5) is 10.1. The van der Waals surface area contributed by atoms with Crippen LogP contribution in [-0.2, 0) is 13.0 Å². The van der Waals surface area contributed by atoms with Crippen molar-refractivity contribution in [3.05, 3.63) is 40.6 Å². The molecule has 0 radical (unpaired) electrons. The topological polar surface area (TPSA) is 56.7 Å². The lowest BCUT2D eigenvalue weighted by Crippen LogP contribution is -2.04. The minimum atomic E-state index is 0.762. The van der Waals surface area contributed by atoms with E-state index >= 15 is 0 Å². The Bertz CT molecular complexity index is 685. The number of nitrogens with zero attached hydrogens (tertiary/aromatic N) is 3. The van der Waals surface area contributed by atoms with Crippen molar-refractivity contribution < 1.29 is 0 Å². The van der Waals surface area contributed by atoms with Crippen molar-refractivity contribution in [2.45, 2.75) is 26.3 Å². The molecule has 0 unspecified atom stereocenters. The summed E-state index contributed by atoms with van der Waals surface area (Å²) < 4.78 is 2.27. The summed E-state index contributed by atoms with van der Waals surface area (Å²) in [5, 5.41) is 0. The molecular weight excluding hydrogens is 256 g/mol. The summed E-state index contributed by atoms with van der Waals surface area (Å²) in [5.41, 5.74) is 10.6. The fourth-order valence-corrected chi connectivity index (χ4v) is 2.85. The molecule has 2 heterocycles. The molecule has 4 nitrogen and oxygen atoms in total. The second-order valence-electron chi connectivity index (χ2n) is 4.58. The van der Waals surface area contributed by atoms with Crippen molar-refractivity contribution in [1.29, 1.82) is 0 Å². The van der Waals surface area contributed by atoms with E-state index < -0.39 is 0 Å². The van der Waals surface area contributed by atoms with Crippen LogP contribution < -0.4 is 5.73 Å². The number of rotatable bonds is 4. The van der Waals surface area contributed by atoms with E-state index in [2.05, 4.69) is 22.5 Å². The predicted molar refractivity (Wildman–Crippen MR) is 79.4 cm³/mol. The van der Waals surface area contributed by atoms with E-state index in [0.29, 0.717) is 0 Å². The summed E-state index contributed by atoms with van der Waals surface area (Å²) >= 11 is 1.68. The van der Waals surface area contributed by atoms with Crippen LogP contribution in [0.4, 0.5) is 5.69 Å². The molecule has 19 heavy (non-hydrogen) atoms. The second kappa shape index (κ2) is 5.01. The number of anilines is 1. The van der Waals surface area contributed by atoms with E-state index in [1.54, 1.807) is 11.3 Å². The van der Waals surface area contributed by atoms with Gasteiger partial charge in [-0.25, -0.2) is 4.98 Å². The molecule has 0 amide bonds. The van der Waals surface area contributed by atoms with E-state index in [0.717, 1.165) is 41.9 Å². The van der Waals surface area contributed by atoms with Crippen LogP contribution in [0.1, 0.15) is 24.0 Å². The summed E-state index contributed by atoms with van der Waals surface area (Å²) in [6.45, 7) is 3.01. The number of thiazole rings is 1. The van der Waals surface area contributed by atoms with Gasteiger partial charge in [-0.3, -0.25) is 4.98 Å². The number of hydrogen-bond acceptors (Lipinski definition) is 4. The molecule has 0 saturated heterocycles. The molecule has 0 aliphatic rings. The number of fused-ring (bicyclic) bond motifs is 1. The van der Waals surface area contributed by atoms with Crippen LogP contribution in [-0.4, -0.2) is 14.5 Å². The highest BCUT2D eigenvalue weighted by Crippen LogP contribution is 2.22. The molecule has 5 heteroatoms. The van der Waals surface area contributed by atoms with Crippen molar-refractivity contribution in [2.75, 3.05) is 5.73 Å². The van der Waals surface area contributed by atoms with Crippen molar-refractivity contribution in [2.24, 2.45) is 0 Å². The Hall–Kier alpha value is -1.88. The first-order chi connectivity index (χ1) is 9.28. The summed E-state index contributed by atoms with van der Waals surface area (Å²) in [5.74, 6) is 1.12. The largest absolute Gasteiger partial charge is 0.399 e. The first kappa shape index (κ1) is 12.2. The smallest absolute Gasteiger partial charge is 0.110 e. The maximum atomic E-state index is 5.84.